The number of nitrogens with one attached hydrogen (secondary N) is 2. The lowest BCUT2D eigenvalue weighted by atomic mass is 9.94. The number of likely N-dealkylation sites (tertiary alicyclic amines) is 1. The summed E-state index contributed by atoms with van der Waals surface area (Å²) < 4.78 is 36.1. The van der Waals surface area contributed by atoms with Gasteiger partial charge < -0.3 is 15.2 Å². The Morgan fingerprint density at radius 1 is 1.30 bits per heavy atom. The van der Waals surface area contributed by atoms with Crippen molar-refractivity contribution in [1.29, 1.82) is 0 Å². The van der Waals surface area contributed by atoms with Crippen molar-refractivity contribution in [2.24, 2.45) is 5.92 Å². The number of hydrogen-bond donors (Lipinski definition) is 2. The van der Waals surface area contributed by atoms with Gasteiger partial charge in [-0.25, -0.2) is 12.8 Å². The molecule has 1 aliphatic heterocycles. The molecule has 3 rings (SSSR count). The van der Waals surface area contributed by atoms with E-state index in [-0.39, 0.29) is 18.1 Å². The minimum Gasteiger partial charge on any atom is -0.350 e. The van der Waals surface area contributed by atoms with Crippen LogP contribution in [0.4, 0.5) is 4.39 Å². The Bertz CT molecular complexity index is 1100. The summed E-state index contributed by atoms with van der Waals surface area (Å²) in [5.41, 5.74) is 0.678. The van der Waals surface area contributed by atoms with Gasteiger partial charge in [0, 0.05) is 36.2 Å². The molecule has 10 heteroatoms. The van der Waals surface area contributed by atoms with Crippen molar-refractivity contribution in [1.82, 2.24) is 15.2 Å². The minimum atomic E-state index is -3.42. The standard InChI is InChI=1S/C20H24FN3O5S/c1-12(22-19(26)17-8-13-5-6-15(21)9-16(13)23-17)20(27)24-7-3-4-14(10-24)18(25)11-30(2,28)29/h5-6,8-9,12,14,23H,3-4,7,10-11H2,1-2H3,(H,22,26)/t12-,14?/m1/s1. The third kappa shape index (κ3) is 5.24. The number of nitrogens with zero attached hydrogens (tertiary/aromatic N) is 1. The summed E-state index contributed by atoms with van der Waals surface area (Å²) in [6.45, 7) is 2.12. The first-order valence-electron chi connectivity index (χ1n) is 9.62. The smallest absolute Gasteiger partial charge is 0.268 e. The molecule has 2 aromatic rings. The molecule has 0 saturated carbocycles. The molecule has 1 saturated heterocycles. The van der Waals surface area contributed by atoms with Crippen LogP contribution in [-0.4, -0.2) is 67.0 Å². The second kappa shape index (κ2) is 8.55. The van der Waals surface area contributed by atoms with Gasteiger partial charge in [0.1, 0.15) is 23.3 Å². The summed E-state index contributed by atoms with van der Waals surface area (Å²) in [7, 11) is -3.42. The first-order chi connectivity index (χ1) is 14.0. The Hall–Kier alpha value is -2.75. The number of amides is 2. The van der Waals surface area contributed by atoms with E-state index in [9.17, 15) is 27.2 Å². The Labute approximate surface area is 173 Å². The average Bonchev–Trinajstić information content (AvgIpc) is 3.09. The topological polar surface area (TPSA) is 116 Å². The number of carbonyl (C=O) groups excluding carboxylic acids is 3. The number of fused-ring (bicyclic) bond motifs is 1. The van der Waals surface area contributed by atoms with Crippen molar-refractivity contribution in [2.75, 3.05) is 25.1 Å². The van der Waals surface area contributed by atoms with Gasteiger partial charge in [-0.2, -0.15) is 0 Å². The molecule has 1 aliphatic rings. The predicted molar refractivity (Wildman–Crippen MR) is 109 cm³/mol. The molecule has 1 aromatic carbocycles. The van der Waals surface area contributed by atoms with E-state index >= 15 is 0 Å². The molecule has 8 nitrogen and oxygen atoms in total. The third-order valence-electron chi connectivity index (χ3n) is 5.14. The maximum Gasteiger partial charge on any atom is 0.268 e. The van der Waals surface area contributed by atoms with Crippen LogP contribution < -0.4 is 5.32 Å². The zero-order valence-corrected chi connectivity index (χ0v) is 17.6. The zero-order valence-electron chi connectivity index (χ0n) is 16.8. The molecule has 0 spiro atoms. The lowest BCUT2D eigenvalue weighted by molar-refractivity contribution is -0.136. The molecule has 0 aliphatic carbocycles. The number of ketones is 1. The van der Waals surface area contributed by atoms with Gasteiger partial charge in [0.2, 0.25) is 5.91 Å². The van der Waals surface area contributed by atoms with Crippen LogP contribution >= 0.6 is 0 Å². The van der Waals surface area contributed by atoms with Crippen LogP contribution in [0.3, 0.4) is 0 Å². The van der Waals surface area contributed by atoms with Gasteiger partial charge in [0.25, 0.3) is 5.91 Å². The Morgan fingerprint density at radius 2 is 2.03 bits per heavy atom. The molecule has 30 heavy (non-hydrogen) atoms. The number of H-pyrrole nitrogens is 1. The number of aromatic nitrogens is 1. The fraction of sp³-hybridized carbons (Fsp3) is 0.450. The molecule has 1 aromatic heterocycles. The summed E-state index contributed by atoms with van der Waals surface area (Å²) in [5.74, 6) is -2.73. The van der Waals surface area contributed by atoms with Crippen molar-refractivity contribution in [3.05, 3.63) is 35.8 Å². The van der Waals surface area contributed by atoms with E-state index in [1.54, 1.807) is 19.1 Å². The molecular weight excluding hydrogens is 413 g/mol. The number of benzene rings is 1. The molecule has 2 amide bonds. The highest BCUT2D eigenvalue weighted by Crippen LogP contribution is 2.20. The van der Waals surface area contributed by atoms with E-state index in [1.807, 2.05) is 0 Å². The Balaban J connectivity index is 1.62. The van der Waals surface area contributed by atoms with Crippen LogP contribution in [0.1, 0.15) is 30.3 Å². The van der Waals surface area contributed by atoms with Crippen molar-refractivity contribution in [3.63, 3.8) is 0 Å². The molecule has 2 N–H and O–H groups in total. The first kappa shape index (κ1) is 21.9. The number of rotatable bonds is 6. The lowest BCUT2D eigenvalue weighted by Gasteiger charge is -2.33. The zero-order chi connectivity index (χ0) is 22.1. The molecular formula is C20H24FN3O5S. The van der Waals surface area contributed by atoms with Crippen molar-refractivity contribution >= 4 is 38.3 Å². The highest BCUT2D eigenvalue weighted by molar-refractivity contribution is 7.91. The van der Waals surface area contributed by atoms with Gasteiger partial charge in [-0.15, -0.1) is 0 Å². The van der Waals surface area contributed by atoms with Gasteiger partial charge in [-0.05, 0) is 44.0 Å². The van der Waals surface area contributed by atoms with E-state index in [4.69, 9.17) is 0 Å². The minimum absolute atomic E-state index is 0.138. The molecule has 0 bridgehead atoms. The summed E-state index contributed by atoms with van der Waals surface area (Å²) in [6, 6.07) is 4.85. The van der Waals surface area contributed by atoms with Gasteiger partial charge in [0.15, 0.2) is 15.6 Å². The largest absolute Gasteiger partial charge is 0.350 e. The monoisotopic (exact) mass is 437 g/mol. The average molecular weight is 437 g/mol. The Kier molecular flexibility index (Phi) is 6.25. The van der Waals surface area contributed by atoms with Crippen LogP contribution in [0.2, 0.25) is 0 Å². The maximum atomic E-state index is 13.3. The second-order valence-corrected chi connectivity index (χ2v) is 9.91. The number of piperidine rings is 1. The molecule has 2 heterocycles. The molecule has 1 unspecified atom stereocenters. The summed E-state index contributed by atoms with van der Waals surface area (Å²) in [4.78, 5) is 41.8. The fourth-order valence-electron chi connectivity index (χ4n) is 3.65. The fourth-order valence-corrected chi connectivity index (χ4v) is 4.40. The number of Topliss-reactive ketones (excluding diaryl/α,β-unsaturated/α-hetero) is 1. The van der Waals surface area contributed by atoms with Crippen LogP contribution in [0.25, 0.3) is 10.9 Å². The van der Waals surface area contributed by atoms with Gasteiger partial charge in [0.05, 0.1) is 0 Å². The van der Waals surface area contributed by atoms with Crippen LogP contribution in [0, 0.1) is 11.7 Å². The van der Waals surface area contributed by atoms with Crippen LogP contribution in [0.15, 0.2) is 24.3 Å². The van der Waals surface area contributed by atoms with Gasteiger partial charge in [-0.3, -0.25) is 14.4 Å². The van der Waals surface area contributed by atoms with Gasteiger partial charge in [-0.1, -0.05) is 0 Å². The molecule has 2 atom stereocenters. The van der Waals surface area contributed by atoms with E-state index in [2.05, 4.69) is 10.3 Å². The van der Waals surface area contributed by atoms with Crippen molar-refractivity contribution in [2.45, 2.75) is 25.8 Å². The predicted octanol–water partition coefficient (Wildman–Crippen LogP) is 1.28. The van der Waals surface area contributed by atoms with E-state index in [0.717, 1.165) is 6.26 Å². The van der Waals surface area contributed by atoms with Crippen molar-refractivity contribution < 1.29 is 27.2 Å². The number of halogens is 1. The third-order valence-corrected chi connectivity index (χ3v) is 5.95. The van der Waals surface area contributed by atoms with Crippen molar-refractivity contribution in [3.8, 4) is 0 Å². The number of sulfone groups is 1. The Morgan fingerprint density at radius 3 is 2.73 bits per heavy atom. The van der Waals surface area contributed by atoms with E-state index < -0.39 is 45.1 Å². The summed E-state index contributed by atoms with van der Waals surface area (Å²) >= 11 is 0. The van der Waals surface area contributed by atoms with Crippen LogP contribution in [-0.2, 0) is 19.4 Å². The summed E-state index contributed by atoms with van der Waals surface area (Å²) in [6.07, 6.45) is 2.12. The number of hydrogen-bond acceptors (Lipinski definition) is 5. The molecule has 0 radical (unpaired) electrons. The lowest BCUT2D eigenvalue weighted by Crippen LogP contribution is -2.51. The highest BCUT2D eigenvalue weighted by Gasteiger charge is 2.32. The number of carbonyl (C=O) groups is 3. The maximum absolute atomic E-state index is 13.3. The highest BCUT2D eigenvalue weighted by atomic mass is 32.2. The van der Waals surface area contributed by atoms with E-state index in [1.165, 1.54) is 17.0 Å². The normalized spacial score (nSPS) is 18.2. The molecule has 162 valence electrons. The van der Waals surface area contributed by atoms with E-state index in [0.29, 0.717) is 30.3 Å². The number of aromatic amines is 1. The van der Waals surface area contributed by atoms with Crippen LogP contribution in [0.5, 0.6) is 0 Å². The first-order valence-corrected chi connectivity index (χ1v) is 11.7. The molecule has 1 fully saturated rings. The summed E-state index contributed by atoms with van der Waals surface area (Å²) in [5, 5.41) is 3.29. The SMILES string of the molecule is C[C@@H](NC(=O)c1cc2ccc(F)cc2[nH]1)C(=O)N1CCCC(C(=O)CS(C)(=O)=O)C1. The second-order valence-electron chi connectivity index (χ2n) is 7.77. The quantitative estimate of drug-likeness (QED) is 0.706. The van der Waals surface area contributed by atoms with Gasteiger partial charge >= 0.3 is 0 Å².